The van der Waals surface area contributed by atoms with Crippen LogP contribution in [-0.2, 0) is 0 Å². The third kappa shape index (κ3) is 4.61. The molecule has 2 amide bonds. The van der Waals surface area contributed by atoms with Crippen molar-refractivity contribution in [1.82, 2.24) is 5.32 Å². The first-order valence-corrected chi connectivity index (χ1v) is 6.36. The van der Waals surface area contributed by atoms with Crippen LogP contribution in [0, 0.1) is 17.0 Å². The summed E-state index contributed by atoms with van der Waals surface area (Å²) in [6.07, 6.45) is -0.784. The Hall–Kier alpha value is -1.40. The fraction of sp³-hybridized carbons (Fsp3) is 0.462. The van der Waals surface area contributed by atoms with Crippen molar-refractivity contribution < 1.29 is 18.7 Å². The van der Waals surface area contributed by atoms with Gasteiger partial charge in [-0.3, -0.25) is 0 Å². The van der Waals surface area contributed by atoms with Gasteiger partial charge in [-0.05, 0) is 17.5 Å². The van der Waals surface area contributed by atoms with E-state index in [2.05, 4.69) is 5.32 Å². The molecule has 7 heteroatoms. The van der Waals surface area contributed by atoms with E-state index in [1.165, 1.54) is 0 Å². The summed E-state index contributed by atoms with van der Waals surface area (Å²) in [5, 5.41) is 14.0. The van der Waals surface area contributed by atoms with Gasteiger partial charge in [0.15, 0.2) is 11.6 Å². The standard InChI is InChI=1S/C13H17ClF2N2O2/c1-13(2,3)10(19)6-17-12(20)18-11-8(15)4-7(14)5-9(11)16/h4-5,10,19H,6H2,1-3H3,(H2,17,18,20). The predicted molar refractivity (Wildman–Crippen MR) is 73.9 cm³/mol. The van der Waals surface area contributed by atoms with Gasteiger partial charge in [0.2, 0.25) is 0 Å². The number of aliphatic hydroxyl groups is 1. The second-order valence-corrected chi connectivity index (χ2v) is 5.90. The molecule has 1 unspecified atom stereocenters. The fourth-order valence-electron chi connectivity index (χ4n) is 1.31. The highest BCUT2D eigenvalue weighted by molar-refractivity contribution is 6.30. The number of nitrogens with one attached hydrogen (secondary N) is 2. The molecule has 4 nitrogen and oxygen atoms in total. The summed E-state index contributed by atoms with van der Waals surface area (Å²) in [7, 11) is 0. The quantitative estimate of drug-likeness (QED) is 0.803. The summed E-state index contributed by atoms with van der Waals surface area (Å²) in [4.78, 5) is 11.5. The molecule has 0 spiro atoms. The largest absolute Gasteiger partial charge is 0.391 e. The molecule has 0 aromatic heterocycles. The molecule has 0 aliphatic rings. The van der Waals surface area contributed by atoms with E-state index < -0.39 is 34.9 Å². The average molecular weight is 307 g/mol. The number of halogens is 3. The second kappa shape index (κ2) is 6.37. The van der Waals surface area contributed by atoms with E-state index in [0.29, 0.717) is 0 Å². The molecule has 1 aromatic carbocycles. The van der Waals surface area contributed by atoms with Crippen LogP contribution in [0.3, 0.4) is 0 Å². The Labute approximate surface area is 121 Å². The monoisotopic (exact) mass is 306 g/mol. The number of urea groups is 1. The zero-order valence-corrected chi connectivity index (χ0v) is 12.2. The first-order valence-electron chi connectivity index (χ1n) is 5.98. The van der Waals surface area contributed by atoms with Crippen molar-refractivity contribution in [3.05, 3.63) is 28.8 Å². The summed E-state index contributed by atoms with van der Waals surface area (Å²) in [6.45, 7) is 5.37. The Bertz CT molecular complexity index is 481. The Morgan fingerprint density at radius 3 is 2.30 bits per heavy atom. The Morgan fingerprint density at radius 1 is 1.35 bits per heavy atom. The van der Waals surface area contributed by atoms with E-state index in [-0.39, 0.29) is 11.6 Å². The summed E-state index contributed by atoms with van der Waals surface area (Å²) in [6, 6.07) is 0.975. The van der Waals surface area contributed by atoms with Crippen LogP contribution < -0.4 is 10.6 Å². The lowest BCUT2D eigenvalue weighted by Gasteiger charge is -2.25. The van der Waals surface area contributed by atoms with E-state index in [0.717, 1.165) is 12.1 Å². The molecule has 1 aromatic rings. The first kappa shape index (κ1) is 16.7. The zero-order valence-electron chi connectivity index (χ0n) is 11.4. The molecule has 0 radical (unpaired) electrons. The maximum Gasteiger partial charge on any atom is 0.319 e. The number of amides is 2. The third-order valence-corrected chi connectivity index (χ3v) is 2.92. The first-order chi connectivity index (χ1) is 9.11. The van der Waals surface area contributed by atoms with Crippen LogP contribution in [-0.4, -0.2) is 23.8 Å². The Kier molecular flexibility index (Phi) is 5.30. The lowest BCUT2D eigenvalue weighted by molar-refractivity contribution is 0.0654. The fourth-order valence-corrected chi connectivity index (χ4v) is 1.51. The van der Waals surface area contributed by atoms with Gasteiger partial charge in [-0.25, -0.2) is 13.6 Å². The van der Waals surface area contributed by atoms with Gasteiger partial charge in [-0.2, -0.15) is 0 Å². The molecule has 1 atom stereocenters. The van der Waals surface area contributed by atoms with E-state index in [1.54, 1.807) is 20.8 Å². The van der Waals surface area contributed by atoms with Gasteiger partial charge in [0.05, 0.1) is 6.10 Å². The minimum absolute atomic E-state index is 0.0356. The summed E-state index contributed by atoms with van der Waals surface area (Å²) in [5.74, 6) is -1.94. The number of carbonyl (C=O) groups is 1. The van der Waals surface area contributed by atoms with Crippen molar-refractivity contribution in [3.63, 3.8) is 0 Å². The zero-order chi connectivity index (χ0) is 15.5. The predicted octanol–water partition coefficient (Wildman–Crippen LogP) is 3.15. The van der Waals surface area contributed by atoms with Gasteiger partial charge in [-0.15, -0.1) is 0 Å². The minimum atomic E-state index is -0.971. The topological polar surface area (TPSA) is 61.4 Å². The van der Waals surface area contributed by atoms with Crippen LogP contribution in [0.25, 0.3) is 0 Å². The number of anilines is 1. The van der Waals surface area contributed by atoms with Crippen LogP contribution in [0.2, 0.25) is 5.02 Å². The van der Waals surface area contributed by atoms with E-state index >= 15 is 0 Å². The molecule has 0 aliphatic heterocycles. The molecule has 3 N–H and O–H groups in total. The number of carbonyl (C=O) groups excluding carboxylic acids is 1. The summed E-state index contributed by atoms with van der Waals surface area (Å²) >= 11 is 5.47. The smallest absolute Gasteiger partial charge is 0.319 e. The van der Waals surface area contributed by atoms with Gasteiger partial charge in [-0.1, -0.05) is 32.4 Å². The van der Waals surface area contributed by atoms with E-state index in [9.17, 15) is 18.7 Å². The van der Waals surface area contributed by atoms with Crippen molar-refractivity contribution in [1.29, 1.82) is 0 Å². The SMILES string of the molecule is CC(C)(C)C(O)CNC(=O)Nc1c(F)cc(Cl)cc1F. The molecule has 0 bridgehead atoms. The van der Waals surface area contributed by atoms with E-state index in [4.69, 9.17) is 11.6 Å². The molecule has 20 heavy (non-hydrogen) atoms. The number of hydrogen-bond donors (Lipinski definition) is 3. The third-order valence-electron chi connectivity index (χ3n) is 2.70. The van der Waals surface area contributed by atoms with Crippen molar-refractivity contribution in [2.24, 2.45) is 5.41 Å². The van der Waals surface area contributed by atoms with Gasteiger partial charge in [0.25, 0.3) is 0 Å². The molecule has 112 valence electrons. The number of benzene rings is 1. The highest BCUT2D eigenvalue weighted by Crippen LogP contribution is 2.23. The maximum absolute atomic E-state index is 13.4. The van der Waals surface area contributed by atoms with Crippen LogP contribution in [0.1, 0.15) is 20.8 Å². The van der Waals surface area contributed by atoms with Gasteiger partial charge in [0, 0.05) is 11.6 Å². The second-order valence-electron chi connectivity index (χ2n) is 5.46. The minimum Gasteiger partial charge on any atom is -0.391 e. The van der Waals surface area contributed by atoms with Gasteiger partial charge < -0.3 is 15.7 Å². The molecule has 0 saturated carbocycles. The lowest BCUT2D eigenvalue weighted by atomic mass is 9.89. The van der Waals surface area contributed by atoms with Crippen LogP contribution in [0.4, 0.5) is 19.3 Å². The Morgan fingerprint density at radius 2 is 1.85 bits per heavy atom. The van der Waals surface area contributed by atoms with Crippen LogP contribution in [0.5, 0.6) is 0 Å². The number of hydrogen-bond acceptors (Lipinski definition) is 2. The normalized spacial score (nSPS) is 12.9. The highest BCUT2D eigenvalue weighted by Gasteiger charge is 2.22. The lowest BCUT2D eigenvalue weighted by Crippen LogP contribution is -2.41. The van der Waals surface area contributed by atoms with Crippen LogP contribution >= 0.6 is 11.6 Å². The molecule has 0 saturated heterocycles. The summed E-state index contributed by atoms with van der Waals surface area (Å²) in [5.41, 5.74) is -0.999. The Balaban J connectivity index is 2.64. The molecule has 0 heterocycles. The highest BCUT2D eigenvalue weighted by atomic mass is 35.5. The number of aliphatic hydroxyl groups excluding tert-OH is 1. The molecule has 1 rings (SSSR count). The van der Waals surface area contributed by atoms with Crippen molar-refractivity contribution in [3.8, 4) is 0 Å². The average Bonchev–Trinajstić information content (AvgIpc) is 2.29. The number of rotatable bonds is 3. The van der Waals surface area contributed by atoms with E-state index in [1.807, 2.05) is 5.32 Å². The van der Waals surface area contributed by atoms with Crippen molar-refractivity contribution in [2.45, 2.75) is 26.9 Å². The molecule has 0 fully saturated rings. The molecular formula is C13H17ClF2N2O2. The van der Waals surface area contributed by atoms with Crippen molar-refractivity contribution in [2.75, 3.05) is 11.9 Å². The molecular weight excluding hydrogens is 290 g/mol. The summed E-state index contributed by atoms with van der Waals surface area (Å²) < 4.78 is 26.9. The maximum atomic E-state index is 13.4. The van der Waals surface area contributed by atoms with Gasteiger partial charge in [0.1, 0.15) is 5.69 Å². The van der Waals surface area contributed by atoms with Crippen molar-refractivity contribution >= 4 is 23.3 Å². The molecule has 0 aliphatic carbocycles. The van der Waals surface area contributed by atoms with Gasteiger partial charge >= 0.3 is 6.03 Å². The van der Waals surface area contributed by atoms with Crippen LogP contribution in [0.15, 0.2) is 12.1 Å².